The molecule has 0 aromatic carbocycles. The zero-order chi connectivity index (χ0) is 56.4. The largest absolute Gasteiger partial charge is 0.462 e. The molecule has 0 heterocycles. The van der Waals surface area contributed by atoms with Crippen molar-refractivity contribution in [2.45, 2.75) is 393 Å². The summed E-state index contributed by atoms with van der Waals surface area (Å²) in [4.78, 5) is 38.5. The SMILES string of the molecule is CCCCCCC/C=C\C/C=C\CCCCCCCCCCCCCC(=O)OCC(COC(=O)CCCCCCCCCCCCCCCCCCCC)OC(=O)CCCCCCCCCCC/C=C\CCCCCCCC. The van der Waals surface area contributed by atoms with Crippen molar-refractivity contribution in [1.82, 2.24) is 0 Å². The lowest BCUT2D eigenvalue weighted by Crippen LogP contribution is -2.30. The van der Waals surface area contributed by atoms with Crippen LogP contribution in [0.1, 0.15) is 387 Å². The van der Waals surface area contributed by atoms with Crippen LogP contribution in [0.4, 0.5) is 0 Å². The van der Waals surface area contributed by atoms with Gasteiger partial charge in [0, 0.05) is 19.3 Å². The molecule has 0 saturated carbocycles. The molecule has 0 aliphatic rings. The first-order chi connectivity index (χ1) is 38.5. The highest BCUT2D eigenvalue weighted by Gasteiger charge is 2.19. The van der Waals surface area contributed by atoms with E-state index in [0.717, 1.165) is 64.2 Å². The van der Waals surface area contributed by atoms with Crippen LogP contribution in [0.25, 0.3) is 0 Å². The van der Waals surface area contributed by atoms with Gasteiger partial charge in [-0.2, -0.15) is 0 Å². The third-order valence-corrected chi connectivity index (χ3v) is 15.9. The summed E-state index contributed by atoms with van der Waals surface area (Å²) in [5.74, 6) is -0.843. The van der Waals surface area contributed by atoms with E-state index in [1.807, 2.05) is 0 Å². The highest BCUT2D eigenvalue weighted by molar-refractivity contribution is 5.71. The molecule has 0 spiro atoms. The second-order valence-electron chi connectivity index (χ2n) is 23.8. The van der Waals surface area contributed by atoms with Gasteiger partial charge in [-0.25, -0.2) is 0 Å². The number of ether oxygens (including phenoxy) is 3. The van der Waals surface area contributed by atoms with Gasteiger partial charge in [0.05, 0.1) is 0 Å². The number of carbonyl (C=O) groups excluding carboxylic acids is 3. The summed E-state index contributed by atoms with van der Waals surface area (Å²) in [6, 6.07) is 0. The summed E-state index contributed by atoms with van der Waals surface area (Å²) in [7, 11) is 0. The molecule has 0 amide bonds. The first-order valence-electron chi connectivity index (χ1n) is 35.0. The van der Waals surface area contributed by atoms with Gasteiger partial charge in [0.2, 0.25) is 0 Å². The number of rotatable bonds is 65. The van der Waals surface area contributed by atoms with E-state index in [2.05, 4.69) is 57.2 Å². The van der Waals surface area contributed by atoms with Crippen LogP contribution in [0.5, 0.6) is 0 Å². The van der Waals surface area contributed by atoms with E-state index < -0.39 is 6.10 Å². The second-order valence-corrected chi connectivity index (χ2v) is 23.8. The minimum Gasteiger partial charge on any atom is -0.462 e. The molecule has 0 aromatic rings. The van der Waals surface area contributed by atoms with Gasteiger partial charge in [0.15, 0.2) is 6.10 Å². The maximum Gasteiger partial charge on any atom is 0.306 e. The maximum absolute atomic E-state index is 13.0. The van der Waals surface area contributed by atoms with Gasteiger partial charge in [-0.15, -0.1) is 0 Å². The van der Waals surface area contributed by atoms with E-state index in [1.165, 1.54) is 283 Å². The molecule has 458 valence electrons. The van der Waals surface area contributed by atoms with Gasteiger partial charge in [-0.05, 0) is 77.0 Å². The number of allylic oxidation sites excluding steroid dienone is 6. The first-order valence-corrected chi connectivity index (χ1v) is 35.0. The molecular formula is C72H134O6. The standard InChI is InChI=1S/C72H134O6/c1-4-7-10-13-16-19-22-25-28-31-34-35-36-37-39-41-44-47-50-53-56-59-62-65-71(74)77-68-69(67-76-70(73)64-61-58-55-52-49-46-43-40-33-30-27-24-21-18-15-12-9-6-3)78-72(75)66-63-60-57-54-51-48-45-42-38-32-29-26-23-20-17-14-11-8-5-2/h22,25-26,29,31,34,69H,4-21,23-24,27-28,30,32-33,35-68H2,1-3H3/b25-22-,29-26-,34-31-. The van der Waals surface area contributed by atoms with E-state index in [0.29, 0.717) is 19.3 Å². The van der Waals surface area contributed by atoms with Crippen molar-refractivity contribution < 1.29 is 28.6 Å². The average Bonchev–Trinajstić information content (AvgIpc) is 3.44. The molecule has 0 aliphatic carbocycles. The zero-order valence-electron chi connectivity index (χ0n) is 52.7. The summed E-state index contributed by atoms with van der Waals surface area (Å²) in [5, 5.41) is 0. The Kier molecular flexibility index (Phi) is 65.1. The maximum atomic E-state index is 13.0. The van der Waals surface area contributed by atoms with Gasteiger partial charge in [-0.1, -0.05) is 327 Å². The van der Waals surface area contributed by atoms with Crippen molar-refractivity contribution >= 4 is 17.9 Å². The fraction of sp³-hybridized carbons (Fsp3) is 0.875. The van der Waals surface area contributed by atoms with Crippen LogP contribution >= 0.6 is 0 Å². The van der Waals surface area contributed by atoms with Crippen molar-refractivity contribution in [2.24, 2.45) is 0 Å². The molecule has 1 unspecified atom stereocenters. The fourth-order valence-electron chi connectivity index (χ4n) is 10.6. The third-order valence-electron chi connectivity index (χ3n) is 15.9. The Bertz CT molecular complexity index is 1300. The molecule has 0 radical (unpaired) electrons. The van der Waals surface area contributed by atoms with Gasteiger partial charge >= 0.3 is 17.9 Å². The number of carbonyl (C=O) groups is 3. The fourth-order valence-corrected chi connectivity index (χ4v) is 10.6. The van der Waals surface area contributed by atoms with Gasteiger partial charge in [0.25, 0.3) is 0 Å². The highest BCUT2D eigenvalue weighted by Crippen LogP contribution is 2.18. The molecular weight excluding hydrogens is 961 g/mol. The predicted molar refractivity (Wildman–Crippen MR) is 339 cm³/mol. The van der Waals surface area contributed by atoms with Crippen molar-refractivity contribution in [1.29, 1.82) is 0 Å². The van der Waals surface area contributed by atoms with Crippen LogP contribution in [-0.2, 0) is 28.6 Å². The van der Waals surface area contributed by atoms with E-state index in [-0.39, 0.29) is 31.1 Å². The van der Waals surface area contributed by atoms with E-state index in [1.54, 1.807) is 0 Å². The Morgan fingerprint density at radius 2 is 0.462 bits per heavy atom. The Labute approximate surface area is 486 Å². The Balaban J connectivity index is 4.31. The van der Waals surface area contributed by atoms with Crippen LogP contribution in [0.2, 0.25) is 0 Å². The van der Waals surface area contributed by atoms with Gasteiger partial charge < -0.3 is 14.2 Å². The Morgan fingerprint density at radius 1 is 0.256 bits per heavy atom. The number of hydrogen-bond donors (Lipinski definition) is 0. The van der Waals surface area contributed by atoms with Crippen LogP contribution < -0.4 is 0 Å². The summed E-state index contributed by atoms with van der Waals surface area (Å²) in [6.45, 7) is 6.70. The molecule has 0 N–H and O–H groups in total. The molecule has 0 aromatic heterocycles. The zero-order valence-corrected chi connectivity index (χ0v) is 52.7. The van der Waals surface area contributed by atoms with Crippen LogP contribution in [0, 0.1) is 0 Å². The molecule has 6 nitrogen and oxygen atoms in total. The van der Waals surface area contributed by atoms with Crippen molar-refractivity contribution in [2.75, 3.05) is 13.2 Å². The Morgan fingerprint density at radius 3 is 0.718 bits per heavy atom. The summed E-state index contributed by atoms with van der Waals surface area (Å²) >= 11 is 0. The number of unbranched alkanes of at least 4 members (excludes halogenated alkanes) is 48. The van der Waals surface area contributed by atoms with Crippen LogP contribution in [0.15, 0.2) is 36.5 Å². The first kappa shape index (κ1) is 75.6. The van der Waals surface area contributed by atoms with Crippen molar-refractivity contribution in [3.05, 3.63) is 36.5 Å². The molecule has 0 bridgehead atoms. The smallest absolute Gasteiger partial charge is 0.306 e. The van der Waals surface area contributed by atoms with Gasteiger partial charge in [0.1, 0.15) is 13.2 Å². The lowest BCUT2D eigenvalue weighted by molar-refractivity contribution is -0.167. The van der Waals surface area contributed by atoms with E-state index >= 15 is 0 Å². The minimum absolute atomic E-state index is 0.0683. The monoisotopic (exact) mass is 1100 g/mol. The van der Waals surface area contributed by atoms with Crippen molar-refractivity contribution in [3.63, 3.8) is 0 Å². The minimum atomic E-state index is -0.773. The molecule has 0 saturated heterocycles. The van der Waals surface area contributed by atoms with Crippen LogP contribution in [-0.4, -0.2) is 37.2 Å². The molecule has 1 atom stereocenters. The number of esters is 3. The topological polar surface area (TPSA) is 78.9 Å². The lowest BCUT2D eigenvalue weighted by atomic mass is 10.0. The predicted octanol–water partition coefficient (Wildman–Crippen LogP) is 23.9. The quantitative estimate of drug-likeness (QED) is 0.0261. The van der Waals surface area contributed by atoms with Gasteiger partial charge in [-0.3, -0.25) is 14.4 Å². The van der Waals surface area contributed by atoms with Crippen molar-refractivity contribution in [3.8, 4) is 0 Å². The second kappa shape index (κ2) is 67.1. The highest BCUT2D eigenvalue weighted by atomic mass is 16.6. The lowest BCUT2D eigenvalue weighted by Gasteiger charge is -2.18. The van der Waals surface area contributed by atoms with Crippen LogP contribution in [0.3, 0.4) is 0 Å². The normalized spacial score (nSPS) is 12.2. The van der Waals surface area contributed by atoms with E-state index in [9.17, 15) is 14.4 Å². The van der Waals surface area contributed by atoms with E-state index in [4.69, 9.17) is 14.2 Å². The summed E-state index contributed by atoms with van der Waals surface area (Å²) in [5.41, 5.74) is 0. The Hall–Kier alpha value is -2.37. The molecule has 78 heavy (non-hydrogen) atoms. The average molecular weight is 1100 g/mol. The third kappa shape index (κ3) is 64.5. The number of hydrogen-bond acceptors (Lipinski definition) is 6. The summed E-state index contributed by atoms with van der Waals surface area (Å²) < 4.78 is 17.0. The molecule has 6 heteroatoms. The summed E-state index contributed by atoms with van der Waals surface area (Å²) in [6.07, 6.45) is 83.0. The molecule has 0 rings (SSSR count). The molecule has 0 fully saturated rings. The molecule has 0 aliphatic heterocycles.